The Hall–Kier alpha value is -4.22. The van der Waals surface area contributed by atoms with Crippen LogP contribution < -0.4 is 0 Å². The second-order valence-corrected chi connectivity index (χ2v) is 19.0. The van der Waals surface area contributed by atoms with Crippen LogP contribution in [-0.2, 0) is 19.1 Å². The lowest BCUT2D eigenvalue weighted by molar-refractivity contribution is -0.161. The summed E-state index contributed by atoms with van der Waals surface area (Å²) in [7, 11) is 0. The zero-order valence-electron chi connectivity index (χ0n) is 46.4. The van der Waals surface area contributed by atoms with Gasteiger partial charge < -0.3 is 14.6 Å². The van der Waals surface area contributed by atoms with Gasteiger partial charge in [0.2, 0.25) is 0 Å². The summed E-state index contributed by atoms with van der Waals surface area (Å²) < 4.78 is 10.7. The van der Waals surface area contributed by atoms with Crippen molar-refractivity contribution in [3.05, 3.63) is 146 Å². The van der Waals surface area contributed by atoms with E-state index < -0.39 is 6.10 Å². The van der Waals surface area contributed by atoms with Gasteiger partial charge in [0.25, 0.3) is 0 Å². The van der Waals surface area contributed by atoms with Gasteiger partial charge in [-0.15, -0.1) is 0 Å². The molecule has 406 valence electrons. The van der Waals surface area contributed by atoms with E-state index in [9.17, 15) is 14.7 Å². The van der Waals surface area contributed by atoms with Crippen molar-refractivity contribution < 1.29 is 24.2 Å². The Labute approximate surface area is 444 Å². The highest BCUT2D eigenvalue weighted by atomic mass is 16.6. The summed E-state index contributed by atoms with van der Waals surface area (Å²) in [5.74, 6) is -0.639. The van der Waals surface area contributed by atoms with Crippen LogP contribution in [0.15, 0.2) is 146 Å². The van der Waals surface area contributed by atoms with E-state index in [-0.39, 0.29) is 25.2 Å². The fourth-order valence-corrected chi connectivity index (χ4v) is 7.73. The van der Waals surface area contributed by atoms with E-state index in [2.05, 4.69) is 160 Å². The number of hydrogen-bond donors (Lipinski definition) is 1. The van der Waals surface area contributed by atoms with Gasteiger partial charge in [0.15, 0.2) is 6.10 Å². The fourth-order valence-electron chi connectivity index (χ4n) is 7.73. The molecule has 0 saturated heterocycles. The zero-order valence-corrected chi connectivity index (χ0v) is 46.4. The largest absolute Gasteiger partial charge is 0.462 e. The number of ether oxygens (including phenoxy) is 2. The first kappa shape index (κ1) is 67.8. The first-order valence-corrected chi connectivity index (χ1v) is 29.4. The SMILES string of the molecule is CC/C=C\C/C=C\C/C=C\C/C=C\C/C=C\C/C=C\C/C=C\C/C=C\C/C=C\CCCCCC(=O)OC(CO)COC(=O)CCCCCCCCCCCCCC/C=C\C/C=C\C/C=C\CCCCCCC. The number of carbonyl (C=O) groups excluding carboxylic acids is 2. The van der Waals surface area contributed by atoms with Crippen LogP contribution in [-0.4, -0.2) is 36.4 Å². The quantitative estimate of drug-likeness (QED) is 0.0373. The van der Waals surface area contributed by atoms with Crippen LogP contribution in [0.5, 0.6) is 0 Å². The zero-order chi connectivity index (χ0) is 52.0. The summed E-state index contributed by atoms with van der Waals surface area (Å²) in [6, 6.07) is 0. The van der Waals surface area contributed by atoms with Crippen molar-refractivity contribution in [2.75, 3.05) is 13.2 Å². The normalized spacial score (nSPS) is 13.3. The summed E-state index contributed by atoms with van der Waals surface area (Å²) in [4.78, 5) is 24.5. The summed E-state index contributed by atoms with van der Waals surface area (Å²) >= 11 is 0. The monoisotopic (exact) mass is 993 g/mol. The van der Waals surface area contributed by atoms with E-state index in [0.29, 0.717) is 12.8 Å². The molecule has 0 amide bonds. The molecule has 0 rings (SSSR count). The molecule has 0 aliphatic rings. The van der Waals surface area contributed by atoms with E-state index >= 15 is 0 Å². The van der Waals surface area contributed by atoms with Gasteiger partial charge in [-0.3, -0.25) is 9.59 Å². The third-order valence-corrected chi connectivity index (χ3v) is 12.1. The first-order valence-electron chi connectivity index (χ1n) is 29.4. The van der Waals surface area contributed by atoms with Crippen LogP contribution >= 0.6 is 0 Å². The summed E-state index contributed by atoms with van der Waals surface area (Å²) in [6.45, 7) is 3.99. The highest BCUT2D eigenvalue weighted by Gasteiger charge is 2.16. The van der Waals surface area contributed by atoms with Crippen molar-refractivity contribution in [2.45, 2.75) is 251 Å². The molecule has 1 atom stereocenters. The second kappa shape index (κ2) is 61.1. The standard InChI is InChI=1S/C67H108O5/c1-3-5-7-9-11-13-15-17-19-21-23-25-27-29-31-32-33-34-36-38-40-42-44-46-48-50-52-54-56-58-60-62-67(70)72-65(63-68)64-71-66(69)61-59-57-55-53-51-49-47-45-43-41-39-37-35-30-28-26-24-22-20-18-16-14-12-10-8-6-4-2/h5,7,11,13,16-19,22-25,28-31,33-34,38,40,44,46,50,52,65,68H,3-4,6,8-10,12,14-15,20-21,26-27,32,35-37,39,41-43,45,47-49,51,53-64H2,1-2H3/b7-5-,13-11-,18-16-,19-17-,24-22-,25-23-,30-28-,31-29-,34-33-,40-38-,46-44-,52-50-. The Morgan fingerprint density at radius 2 is 0.597 bits per heavy atom. The molecular weight excluding hydrogens is 885 g/mol. The van der Waals surface area contributed by atoms with Crippen molar-refractivity contribution in [2.24, 2.45) is 0 Å². The Bertz CT molecular complexity index is 1540. The van der Waals surface area contributed by atoms with E-state index in [0.717, 1.165) is 116 Å². The van der Waals surface area contributed by atoms with E-state index in [1.807, 2.05) is 0 Å². The predicted molar refractivity (Wildman–Crippen MR) is 315 cm³/mol. The molecule has 0 aromatic carbocycles. The van der Waals surface area contributed by atoms with Crippen LogP contribution in [0.25, 0.3) is 0 Å². The van der Waals surface area contributed by atoms with E-state index in [1.54, 1.807) is 0 Å². The van der Waals surface area contributed by atoms with Gasteiger partial charge in [0.1, 0.15) is 6.61 Å². The van der Waals surface area contributed by atoms with E-state index in [4.69, 9.17) is 9.47 Å². The average molecular weight is 994 g/mol. The molecule has 1 unspecified atom stereocenters. The number of allylic oxidation sites excluding steroid dienone is 24. The van der Waals surface area contributed by atoms with Crippen molar-refractivity contribution in [1.82, 2.24) is 0 Å². The molecule has 0 heterocycles. The molecule has 0 radical (unpaired) electrons. The lowest BCUT2D eigenvalue weighted by Crippen LogP contribution is -2.28. The summed E-state index contributed by atoms with van der Waals surface area (Å²) in [6.07, 6.45) is 92.4. The third-order valence-electron chi connectivity index (χ3n) is 12.1. The van der Waals surface area contributed by atoms with E-state index in [1.165, 1.54) is 103 Å². The van der Waals surface area contributed by atoms with Crippen molar-refractivity contribution >= 4 is 11.9 Å². The minimum atomic E-state index is -0.803. The second-order valence-electron chi connectivity index (χ2n) is 19.0. The molecule has 0 aliphatic heterocycles. The topological polar surface area (TPSA) is 72.8 Å². The van der Waals surface area contributed by atoms with Crippen LogP contribution in [0.3, 0.4) is 0 Å². The van der Waals surface area contributed by atoms with Gasteiger partial charge in [-0.1, -0.05) is 256 Å². The number of esters is 2. The maximum absolute atomic E-state index is 12.3. The van der Waals surface area contributed by atoms with Crippen LogP contribution in [0.1, 0.15) is 245 Å². The maximum Gasteiger partial charge on any atom is 0.306 e. The molecule has 0 bridgehead atoms. The van der Waals surface area contributed by atoms with Gasteiger partial charge in [-0.25, -0.2) is 0 Å². The molecule has 0 aromatic heterocycles. The van der Waals surface area contributed by atoms with Crippen molar-refractivity contribution in [3.63, 3.8) is 0 Å². The van der Waals surface area contributed by atoms with Gasteiger partial charge in [-0.05, 0) is 122 Å². The van der Waals surface area contributed by atoms with Crippen molar-refractivity contribution in [3.8, 4) is 0 Å². The highest BCUT2D eigenvalue weighted by molar-refractivity contribution is 5.70. The first-order chi connectivity index (χ1) is 35.6. The molecule has 0 fully saturated rings. The predicted octanol–water partition coefficient (Wildman–Crippen LogP) is 20.2. The Morgan fingerprint density at radius 1 is 0.333 bits per heavy atom. The number of unbranched alkanes of at least 4 members (excludes halogenated alkanes) is 20. The molecule has 5 nitrogen and oxygen atoms in total. The number of aliphatic hydroxyl groups excluding tert-OH is 1. The van der Waals surface area contributed by atoms with Crippen LogP contribution in [0, 0.1) is 0 Å². The average Bonchev–Trinajstić information content (AvgIpc) is 3.38. The van der Waals surface area contributed by atoms with Gasteiger partial charge in [0.05, 0.1) is 6.61 Å². The summed E-state index contributed by atoms with van der Waals surface area (Å²) in [5, 5.41) is 9.66. The molecule has 0 spiro atoms. The minimum Gasteiger partial charge on any atom is -0.462 e. The molecule has 5 heteroatoms. The Balaban J connectivity index is 3.63. The fraction of sp³-hybridized carbons (Fsp3) is 0.612. The maximum atomic E-state index is 12.3. The van der Waals surface area contributed by atoms with Gasteiger partial charge >= 0.3 is 11.9 Å². The van der Waals surface area contributed by atoms with Crippen molar-refractivity contribution in [1.29, 1.82) is 0 Å². The molecule has 0 aliphatic carbocycles. The number of rotatable bonds is 52. The molecule has 0 aromatic rings. The number of carbonyl (C=O) groups is 2. The molecular formula is C67H108O5. The smallest absolute Gasteiger partial charge is 0.306 e. The Kier molecular flexibility index (Phi) is 57.5. The van der Waals surface area contributed by atoms with Gasteiger partial charge in [0, 0.05) is 12.8 Å². The summed E-state index contributed by atoms with van der Waals surface area (Å²) in [5.41, 5.74) is 0. The molecule has 72 heavy (non-hydrogen) atoms. The minimum absolute atomic E-state index is 0.0897. The van der Waals surface area contributed by atoms with Crippen LogP contribution in [0.4, 0.5) is 0 Å². The number of hydrogen-bond acceptors (Lipinski definition) is 5. The Morgan fingerprint density at radius 3 is 0.917 bits per heavy atom. The van der Waals surface area contributed by atoms with Crippen LogP contribution in [0.2, 0.25) is 0 Å². The molecule has 1 N–H and O–H groups in total. The lowest BCUT2D eigenvalue weighted by Gasteiger charge is -2.15. The number of aliphatic hydroxyl groups is 1. The highest BCUT2D eigenvalue weighted by Crippen LogP contribution is 2.14. The lowest BCUT2D eigenvalue weighted by atomic mass is 10.0. The molecule has 0 saturated carbocycles. The van der Waals surface area contributed by atoms with Gasteiger partial charge in [-0.2, -0.15) is 0 Å². The third kappa shape index (κ3) is 58.4.